The Morgan fingerprint density at radius 2 is 1.92 bits per heavy atom. The molecule has 0 aliphatic carbocycles. The van der Waals surface area contributed by atoms with Gasteiger partial charge in [0.1, 0.15) is 5.82 Å². The van der Waals surface area contributed by atoms with E-state index in [1.807, 2.05) is 19.1 Å². The standard InChI is InChI=1S/C19H22N4O3/c1-11-9-19(2,24)22-18-14(10-21-23(11)18)17-13-8-16(26-4)15(25-3)7-12(13)5-6-20-17/h7-10,22,24H,5-6H2,1-4H3. The highest BCUT2D eigenvalue weighted by atomic mass is 16.5. The molecular formula is C19H22N4O3. The second-order valence-corrected chi connectivity index (χ2v) is 6.72. The fourth-order valence-corrected chi connectivity index (χ4v) is 3.61. The van der Waals surface area contributed by atoms with Crippen LogP contribution in [0.2, 0.25) is 0 Å². The highest BCUT2D eigenvalue weighted by molar-refractivity contribution is 6.17. The molecule has 7 nitrogen and oxygen atoms in total. The summed E-state index contributed by atoms with van der Waals surface area (Å²) in [6, 6.07) is 3.97. The van der Waals surface area contributed by atoms with Gasteiger partial charge in [-0.25, -0.2) is 4.68 Å². The van der Waals surface area contributed by atoms with Gasteiger partial charge >= 0.3 is 0 Å². The maximum atomic E-state index is 10.5. The van der Waals surface area contributed by atoms with Crippen molar-refractivity contribution in [3.05, 3.63) is 41.1 Å². The number of aromatic nitrogens is 2. The van der Waals surface area contributed by atoms with Crippen LogP contribution in [0.15, 0.2) is 29.4 Å². The molecule has 2 aliphatic heterocycles. The molecule has 7 heteroatoms. The van der Waals surface area contributed by atoms with Crippen LogP contribution >= 0.6 is 0 Å². The SMILES string of the molecule is COc1cc2c(cc1OC)C(c1cnn3c1NC(C)(O)C=C3C)=NCC2. The summed E-state index contributed by atoms with van der Waals surface area (Å²) in [7, 11) is 3.26. The molecule has 0 saturated heterocycles. The van der Waals surface area contributed by atoms with Crippen molar-refractivity contribution in [2.24, 2.45) is 4.99 Å². The minimum atomic E-state index is -1.13. The molecule has 1 unspecified atom stereocenters. The van der Waals surface area contributed by atoms with Crippen LogP contribution in [0.3, 0.4) is 0 Å². The van der Waals surface area contributed by atoms with E-state index in [2.05, 4.69) is 10.4 Å². The van der Waals surface area contributed by atoms with E-state index in [4.69, 9.17) is 14.5 Å². The van der Waals surface area contributed by atoms with Crippen molar-refractivity contribution in [2.45, 2.75) is 26.0 Å². The average Bonchev–Trinajstić information content (AvgIpc) is 3.02. The lowest BCUT2D eigenvalue weighted by Gasteiger charge is -2.29. The smallest absolute Gasteiger partial charge is 0.161 e. The first-order chi connectivity index (χ1) is 12.4. The number of methoxy groups -OCH3 is 2. The van der Waals surface area contributed by atoms with E-state index in [-0.39, 0.29) is 0 Å². The maximum Gasteiger partial charge on any atom is 0.161 e. The van der Waals surface area contributed by atoms with Gasteiger partial charge in [-0.1, -0.05) is 0 Å². The molecule has 26 heavy (non-hydrogen) atoms. The summed E-state index contributed by atoms with van der Waals surface area (Å²) in [5.41, 5.74) is 3.57. The van der Waals surface area contributed by atoms with Crippen LogP contribution in [0.1, 0.15) is 30.5 Å². The Morgan fingerprint density at radius 1 is 1.19 bits per heavy atom. The average molecular weight is 354 g/mol. The molecule has 4 rings (SSSR count). The van der Waals surface area contributed by atoms with Gasteiger partial charge in [0.25, 0.3) is 0 Å². The highest BCUT2D eigenvalue weighted by Gasteiger charge is 2.30. The number of hydrogen-bond acceptors (Lipinski definition) is 6. The maximum absolute atomic E-state index is 10.5. The van der Waals surface area contributed by atoms with Crippen LogP contribution in [0.5, 0.6) is 11.5 Å². The lowest BCUT2D eigenvalue weighted by atomic mass is 9.93. The van der Waals surface area contributed by atoms with E-state index >= 15 is 0 Å². The number of benzene rings is 1. The highest BCUT2D eigenvalue weighted by Crippen LogP contribution is 2.36. The Hall–Kier alpha value is -2.80. The molecule has 0 radical (unpaired) electrons. The third-order valence-corrected chi connectivity index (χ3v) is 4.74. The molecule has 0 fully saturated rings. The van der Waals surface area contributed by atoms with Crippen LogP contribution in [-0.4, -0.2) is 47.1 Å². The van der Waals surface area contributed by atoms with E-state index in [0.717, 1.165) is 40.3 Å². The summed E-state index contributed by atoms with van der Waals surface area (Å²) < 4.78 is 12.7. The van der Waals surface area contributed by atoms with Gasteiger partial charge in [0.2, 0.25) is 0 Å². The molecule has 2 aromatic rings. The number of aliphatic imine (C=N–C) groups is 1. The zero-order chi connectivity index (χ0) is 18.5. The topological polar surface area (TPSA) is 80.9 Å². The van der Waals surface area contributed by atoms with Crippen LogP contribution in [0.25, 0.3) is 5.70 Å². The molecular weight excluding hydrogens is 332 g/mol. The molecule has 1 aromatic carbocycles. The summed E-state index contributed by atoms with van der Waals surface area (Å²) in [6.07, 6.45) is 4.36. The van der Waals surface area contributed by atoms with Gasteiger partial charge in [0.15, 0.2) is 17.2 Å². The van der Waals surface area contributed by atoms with E-state index in [0.29, 0.717) is 18.0 Å². The number of rotatable bonds is 3. The predicted molar refractivity (Wildman–Crippen MR) is 100 cm³/mol. The third kappa shape index (κ3) is 2.55. The van der Waals surface area contributed by atoms with E-state index in [1.165, 1.54) is 0 Å². The molecule has 2 aliphatic rings. The molecule has 3 heterocycles. The van der Waals surface area contributed by atoms with E-state index in [9.17, 15) is 5.11 Å². The van der Waals surface area contributed by atoms with Crippen LogP contribution in [0.4, 0.5) is 5.82 Å². The lowest BCUT2D eigenvalue weighted by Crippen LogP contribution is -2.37. The number of aliphatic hydroxyl groups is 1. The quantitative estimate of drug-likeness (QED) is 0.884. The molecule has 0 saturated carbocycles. The molecule has 1 atom stereocenters. The van der Waals surface area contributed by atoms with Gasteiger partial charge in [-0.2, -0.15) is 5.10 Å². The second kappa shape index (κ2) is 5.88. The number of fused-ring (bicyclic) bond motifs is 2. The number of anilines is 1. The van der Waals surface area contributed by atoms with Gasteiger partial charge in [-0.05, 0) is 44.0 Å². The zero-order valence-electron chi connectivity index (χ0n) is 15.3. The van der Waals surface area contributed by atoms with Crippen molar-refractivity contribution >= 4 is 17.2 Å². The lowest BCUT2D eigenvalue weighted by molar-refractivity contribution is 0.140. The van der Waals surface area contributed by atoms with Gasteiger partial charge in [-0.15, -0.1) is 0 Å². The Balaban J connectivity index is 1.86. The Kier molecular flexibility index (Phi) is 3.77. The summed E-state index contributed by atoms with van der Waals surface area (Å²) in [4.78, 5) is 4.75. The van der Waals surface area contributed by atoms with Crippen LogP contribution < -0.4 is 14.8 Å². The van der Waals surface area contributed by atoms with Crippen molar-refractivity contribution in [1.82, 2.24) is 9.78 Å². The first kappa shape index (κ1) is 16.7. The van der Waals surface area contributed by atoms with Gasteiger partial charge in [-0.3, -0.25) is 4.99 Å². The first-order valence-corrected chi connectivity index (χ1v) is 8.52. The molecule has 1 aromatic heterocycles. The monoisotopic (exact) mass is 354 g/mol. The van der Waals surface area contributed by atoms with E-state index < -0.39 is 5.72 Å². The fraction of sp³-hybridized carbons (Fsp3) is 0.368. The summed E-state index contributed by atoms with van der Waals surface area (Å²) >= 11 is 0. The van der Waals surface area contributed by atoms with Crippen molar-refractivity contribution in [1.29, 1.82) is 0 Å². The van der Waals surface area contributed by atoms with Crippen molar-refractivity contribution in [3.63, 3.8) is 0 Å². The molecule has 2 N–H and O–H groups in total. The zero-order valence-corrected chi connectivity index (χ0v) is 15.3. The minimum absolute atomic E-state index is 0.665. The van der Waals surface area contributed by atoms with Crippen molar-refractivity contribution in [3.8, 4) is 11.5 Å². The summed E-state index contributed by atoms with van der Waals surface area (Å²) in [5, 5.41) is 18.1. The number of hydrogen-bond donors (Lipinski definition) is 2. The fourth-order valence-electron chi connectivity index (χ4n) is 3.61. The van der Waals surface area contributed by atoms with Crippen LogP contribution in [-0.2, 0) is 6.42 Å². The number of ether oxygens (including phenoxy) is 2. The minimum Gasteiger partial charge on any atom is -0.493 e. The molecule has 136 valence electrons. The summed E-state index contributed by atoms with van der Waals surface area (Å²) in [5.74, 6) is 2.11. The number of nitrogens with one attached hydrogen (secondary N) is 1. The predicted octanol–water partition coefficient (Wildman–Crippen LogP) is 2.29. The Labute approximate surface area is 152 Å². The van der Waals surface area contributed by atoms with Gasteiger partial charge < -0.3 is 19.9 Å². The normalized spacial score (nSPS) is 21.1. The van der Waals surface area contributed by atoms with Crippen molar-refractivity contribution < 1.29 is 14.6 Å². The second-order valence-electron chi connectivity index (χ2n) is 6.72. The molecule has 0 amide bonds. The number of nitrogens with zero attached hydrogens (tertiary/aromatic N) is 3. The van der Waals surface area contributed by atoms with Gasteiger partial charge in [0, 0.05) is 17.8 Å². The molecule has 0 spiro atoms. The molecule has 0 bridgehead atoms. The Morgan fingerprint density at radius 3 is 2.65 bits per heavy atom. The van der Waals surface area contributed by atoms with E-state index in [1.54, 1.807) is 38.1 Å². The third-order valence-electron chi connectivity index (χ3n) is 4.74. The Bertz CT molecular complexity index is 941. The largest absolute Gasteiger partial charge is 0.493 e. The van der Waals surface area contributed by atoms with Crippen molar-refractivity contribution in [2.75, 3.05) is 26.1 Å². The number of allylic oxidation sites excluding steroid dienone is 1. The first-order valence-electron chi connectivity index (χ1n) is 8.52. The van der Waals surface area contributed by atoms with Crippen LogP contribution in [0, 0.1) is 0 Å². The van der Waals surface area contributed by atoms with Gasteiger partial charge in [0.05, 0.1) is 31.7 Å². The summed E-state index contributed by atoms with van der Waals surface area (Å²) in [6.45, 7) is 4.31.